The lowest BCUT2D eigenvalue weighted by Gasteiger charge is -2.43. The molecule has 63 heavy (non-hydrogen) atoms. The van der Waals surface area contributed by atoms with Crippen LogP contribution in [0.15, 0.2) is 201 Å². The molecule has 0 saturated carbocycles. The van der Waals surface area contributed by atoms with Gasteiger partial charge in [0.05, 0.1) is 16.6 Å². The van der Waals surface area contributed by atoms with Gasteiger partial charge in [0.2, 0.25) is 29.0 Å². The Labute approximate surface area is 365 Å². The van der Waals surface area contributed by atoms with Gasteiger partial charge < -0.3 is 0 Å². The van der Waals surface area contributed by atoms with E-state index in [-0.39, 0.29) is 18.4 Å². The van der Waals surface area contributed by atoms with E-state index in [1.54, 1.807) is 0 Å². The minimum Gasteiger partial charge on any atom is -0.256 e. The van der Waals surface area contributed by atoms with Crippen LogP contribution >= 0.6 is 0 Å². The topological polar surface area (TPSA) is 21.7 Å². The highest BCUT2D eigenvalue weighted by Gasteiger charge is 3.13. The molecule has 6 aromatic carbocycles. The Morgan fingerprint density at radius 1 is 0.651 bits per heavy atom. The number of pyridine rings is 2. The van der Waals surface area contributed by atoms with E-state index in [0.717, 1.165) is 20.1 Å². The molecule has 3 aromatic heterocycles. The first kappa shape index (κ1) is 34.1. The van der Waals surface area contributed by atoms with Crippen LogP contribution in [0.3, 0.4) is 0 Å². The number of benzene rings is 6. The lowest BCUT2D eigenvalue weighted by Crippen LogP contribution is -2.76. The summed E-state index contributed by atoms with van der Waals surface area (Å²) >= 11 is 0. The number of quaternary nitrogens is 3. The maximum absolute atomic E-state index is 4.98. The van der Waals surface area contributed by atoms with Gasteiger partial charge in [-0.15, -0.1) is 0 Å². The van der Waals surface area contributed by atoms with Gasteiger partial charge in [-0.1, -0.05) is 97.1 Å². The van der Waals surface area contributed by atoms with Crippen molar-refractivity contribution < 1.29 is 4.68 Å². The summed E-state index contributed by atoms with van der Waals surface area (Å²) in [4.78, 5) is 4.98. The molecule has 2 spiro atoms. The Bertz CT molecular complexity index is 3700. The lowest BCUT2D eigenvalue weighted by atomic mass is 9.88. The second kappa shape index (κ2) is 11.5. The van der Waals surface area contributed by atoms with E-state index in [0.29, 0.717) is 4.59 Å². The average Bonchev–Trinajstić information content (AvgIpc) is 3.58. The Hall–Kier alpha value is -7.48. The minimum atomic E-state index is -0.00852. The van der Waals surface area contributed by atoms with Gasteiger partial charge >= 0.3 is 12.1 Å². The fraction of sp³-hybridized carbons (Fsp3) is 0.0877. The maximum atomic E-state index is 4.98. The highest BCUT2D eigenvalue weighted by molar-refractivity contribution is 6.19. The third kappa shape index (κ3) is 3.60. The largest absolute Gasteiger partial charge is 0.489 e. The molecular formula is C57H42N6+4. The number of fused-ring (bicyclic) bond motifs is 12. The van der Waals surface area contributed by atoms with Gasteiger partial charge in [0.1, 0.15) is 5.52 Å². The predicted octanol–water partition coefficient (Wildman–Crippen LogP) is 12.7. The highest BCUT2D eigenvalue weighted by Crippen LogP contribution is 2.81. The van der Waals surface area contributed by atoms with Crippen LogP contribution in [0.25, 0.3) is 77.5 Å². The van der Waals surface area contributed by atoms with E-state index >= 15 is 0 Å². The zero-order valence-corrected chi connectivity index (χ0v) is 35.0. The summed E-state index contributed by atoms with van der Waals surface area (Å²) in [6.07, 6.45) is 20.6. The van der Waals surface area contributed by atoms with E-state index in [9.17, 15) is 0 Å². The number of rotatable bonds is 4. The summed E-state index contributed by atoms with van der Waals surface area (Å²) in [5, 5.41) is 3.72. The number of allylic oxidation sites excluding steroid dienone is 6. The molecule has 2 saturated heterocycles. The Kier molecular flexibility index (Phi) is 6.23. The van der Waals surface area contributed by atoms with Crippen molar-refractivity contribution in [3.05, 3.63) is 206 Å². The van der Waals surface area contributed by atoms with Gasteiger partial charge in [0, 0.05) is 54.8 Å². The first-order chi connectivity index (χ1) is 31.2. The summed E-state index contributed by atoms with van der Waals surface area (Å²) < 4.78 is 7.34. The van der Waals surface area contributed by atoms with Crippen molar-refractivity contribution in [2.24, 2.45) is 0 Å². The molecular weight excluding hydrogens is 769 g/mol. The van der Waals surface area contributed by atoms with Gasteiger partial charge in [-0.2, -0.15) is 4.57 Å². The molecule has 0 bridgehead atoms. The van der Waals surface area contributed by atoms with Gasteiger partial charge in [-0.25, -0.2) is 0 Å². The zero-order valence-electron chi connectivity index (χ0n) is 35.0. The Morgan fingerprint density at radius 3 is 2.32 bits per heavy atom. The molecule has 2 fully saturated rings. The van der Waals surface area contributed by atoms with Gasteiger partial charge in [-0.05, 0) is 124 Å². The Morgan fingerprint density at radius 2 is 1.43 bits per heavy atom. The molecule has 296 valence electrons. The molecule has 15 rings (SSSR count). The lowest BCUT2D eigenvalue weighted by molar-refractivity contribution is -0.793. The van der Waals surface area contributed by atoms with Crippen molar-refractivity contribution in [3.8, 4) is 39.2 Å². The summed E-state index contributed by atoms with van der Waals surface area (Å²) in [6, 6.07) is 55.7. The molecule has 6 aliphatic rings. The number of para-hydroxylation sites is 3. The second-order valence-electron chi connectivity index (χ2n) is 18.1. The van der Waals surface area contributed by atoms with Crippen LogP contribution in [0.2, 0.25) is 0 Å². The molecule has 0 N–H and O–H groups in total. The van der Waals surface area contributed by atoms with Crippen molar-refractivity contribution in [2.75, 3.05) is 0 Å². The number of hydrogen-bond acceptors (Lipinski definition) is 1. The molecule has 9 aromatic rings. The molecule has 0 amide bonds. The number of aromatic nitrogens is 3. The quantitative estimate of drug-likeness (QED) is 0.0751. The van der Waals surface area contributed by atoms with E-state index in [1.165, 1.54) is 94.9 Å². The Balaban J connectivity index is 1.19. The van der Waals surface area contributed by atoms with Crippen molar-refractivity contribution in [2.45, 2.75) is 32.2 Å². The molecule has 6 nitrogen and oxygen atoms in total. The zero-order chi connectivity index (χ0) is 41.4. The minimum absolute atomic E-state index is 0.00852. The maximum Gasteiger partial charge on any atom is 0.489 e. The van der Waals surface area contributed by atoms with Crippen LogP contribution in [-0.4, -0.2) is 27.9 Å². The fourth-order valence-electron chi connectivity index (χ4n) is 13.6. The fourth-order valence-corrected chi connectivity index (χ4v) is 13.6. The molecule has 6 heteroatoms. The third-order valence-electron chi connectivity index (χ3n) is 15.6. The van der Waals surface area contributed by atoms with Gasteiger partial charge in [0.15, 0.2) is 6.20 Å². The summed E-state index contributed by atoms with van der Waals surface area (Å²) in [5.74, 6) is 1.17. The van der Waals surface area contributed by atoms with Crippen LogP contribution in [0.1, 0.15) is 19.4 Å². The molecule has 0 radical (unpaired) electrons. The molecule has 8 heterocycles. The summed E-state index contributed by atoms with van der Waals surface area (Å²) in [6.45, 7) is 4.41. The predicted molar refractivity (Wildman–Crippen MR) is 258 cm³/mol. The van der Waals surface area contributed by atoms with Crippen LogP contribution in [0.5, 0.6) is 0 Å². The molecule has 6 atom stereocenters. The van der Waals surface area contributed by atoms with E-state index in [1.807, 2.05) is 6.20 Å². The van der Waals surface area contributed by atoms with Gasteiger partial charge in [0.25, 0.3) is 11.4 Å². The van der Waals surface area contributed by atoms with E-state index in [2.05, 4.69) is 217 Å². The monoisotopic (exact) mass is 810 g/mol. The standard InChI is InChI=1S/C57H42N6/c1-3-4-17-36(2)39-22-14-23-40(37-18-6-5-7-19-37)54(39)63-50-27-11-10-26-49(50)62(63)51-28-15-24-43-45-34-38-20-16-32-58-47(38)35-46(45)44-31-30-42-41-21-8-9-25-48(41)60-52-29-12-13-33-59(52)61(55(43)51,57(62)63)56(44)53(42)60/h3-35,49-50,57H,1-2H3/q+4/b4-3-,36-17+. The summed E-state index contributed by atoms with van der Waals surface area (Å²) in [7, 11) is 0. The van der Waals surface area contributed by atoms with Crippen molar-refractivity contribution in [1.82, 2.24) is 23.3 Å². The van der Waals surface area contributed by atoms with Gasteiger partial charge in [-0.3, -0.25) is 4.98 Å². The first-order valence-electron chi connectivity index (χ1n) is 22.3. The smallest absolute Gasteiger partial charge is 0.256 e. The summed E-state index contributed by atoms with van der Waals surface area (Å²) in [5.41, 5.74) is 19.2. The van der Waals surface area contributed by atoms with Crippen LogP contribution in [0, 0.1) is 0 Å². The highest BCUT2D eigenvalue weighted by atomic mass is 16.2. The molecule has 1 aliphatic carbocycles. The second-order valence-corrected chi connectivity index (χ2v) is 18.1. The van der Waals surface area contributed by atoms with Crippen molar-refractivity contribution in [3.63, 3.8) is 0 Å². The van der Waals surface area contributed by atoms with E-state index in [4.69, 9.17) is 4.98 Å². The van der Waals surface area contributed by atoms with Crippen LogP contribution < -0.4 is 18.5 Å². The first-order valence-corrected chi connectivity index (χ1v) is 22.3. The van der Waals surface area contributed by atoms with Crippen LogP contribution in [-0.2, 0) is 0 Å². The van der Waals surface area contributed by atoms with E-state index < -0.39 is 0 Å². The number of nitrogens with zero attached hydrogens (tertiary/aromatic N) is 6. The normalized spacial score (nSPS) is 25.9. The van der Waals surface area contributed by atoms with Crippen molar-refractivity contribution in [1.29, 1.82) is 0 Å². The third-order valence-corrected chi connectivity index (χ3v) is 15.6. The molecule has 6 unspecified atom stereocenters. The van der Waals surface area contributed by atoms with Crippen LogP contribution in [0.4, 0.5) is 22.7 Å². The number of hydrogen-bond donors (Lipinski definition) is 0. The van der Waals surface area contributed by atoms with Crippen molar-refractivity contribution >= 4 is 61.0 Å². The molecule has 5 aliphatic heterocycles. The average molecular weight is 811 g/mol. The SMILES string of the molecule is C/C=C\C=C(/C)c1cccc(-c2ccccc2)c1[N+]12C3C=CC=CC3[N+]13c1cccc4c1[N+]1(c5c(ccc6c7ccccc7n(c56)-c5cccc[n+]51)-c1cc5ncccc5cc1-4)C32.